The zero-order valence-electron chi connectivity index (χ0n) is 10.5. The molecule has 1 aromatic heterocycles. The second-order valence-corrected chi connectivity index (χ2v) is 5.01. The maximum Gasteiger partial charge on any atom is 0.138 e. The van der Waals surface area contributed by atoms with E-state index in [1.54, 1.807) is 4.68 Å². The number of rotatable bonds is 3. The summed E-state index contributed by atoms with van der Waals surface area (Å²) in [7, 11) is 1.86. The first-order valence-electron chi connectivity index (χ1n) is 6.32. The van der Waals surface area contributed by atoms with Crippen LogP contribution < -0.4 is 0 Å². The molecule has 0 radical (unpaired) electrons. The third-order valence-electron chi connectivity index (χ3n) is 3.82. The normalized spacial score (nSPS) is 16.8. The number of hydrogen-bond acceptors (Lipinski definition) is 3. The van der Waals surface area contributed by atoms with Crippen LogP contribution in [0.5, 0.6) is 0 Å². The topological polar surface area (TPSA) is 50.9 Å². The van der Waals surface area contributed by atoms with Crippen LogP contribution in [0.1, 0.15) is 17.0 Å². The Kier molecular flexibility index (Phi) is 2.88. The highest BCUT2D eigenvalue weighted by Crippen LogP contribution is 2.29. The first-order chi connectivity index (χ1) is 8.74. The molecule has 0 fully saturated rings. The van der Waals surface area contributed by atoms with Crippen LogP contribution in [0.2, 0.25) is 0 Å². The van der Waals surface area contributed by atoms with Gasteiger partial charge in [0.2, 0.25) is 0 Å². The van der Waals surface area contributed by atoms with Gasteiger partial charge in [0.05, 0.1) is 6.10 Å². The first-order valence-corrected chi connectivity index (χ1v) is 6.32. The van der Waals surface area contributed by atoms with Crippen LogP contribution in [0, 0.1) is 5.92 Å². The maximum atomic E-state index is 10.3. The molecule has 2 aromatic rings. The fourth-order valence-corrected chi connectivity index (χ4v) is 2.72. The largest absolute Gasteiger partial charge is 0.392 e. The van der Waals surface area contributed by atoms with E-state index in [0.717, 1.165) is 18.7 Å². The van der Waals surface area contributed by atoms with Crippen LogP contribution in [-0.4, -0.2) is 26.0 Å². The van der Waals surface area contributed by atoms with Gasteiger partial charge in [-0.3, -0.25) is 4.68 Å². The molecule has 0 saturated carbocycles. The summed E-state index contributed by atoms with van der Waals surface area (Å²) in [6, 6.07) is 8.45. The van der Waals surface area contributed by atoms with E-state index in [2.05, 4.69) is 34.3 Å². The van der Waals surface area contributed by atoms with E-state index >= 15 is 0 Å². The molecule has 1 aliphatic rings. The lowest BCUT2D eigenvalue weighted by Crippen LogP contribution is -2.24. The smallest absolute Gasteiger partial charge is 0.138 e. The standard InChI is InChI=1S/C14H17N3O/c1-17-14(15-9-16-17)8-13(18)12-6-10-4-2-3-5-11(10)7-12/h2-5,9,12-13,18H,6-8H2,1H3. The van der Waals surface area contributed by atoms with E-state index in [-0.39, 0.29) is 6.10 Å². The average molecular weight is 243 g/mol. The third-order valence-corrected chi connectivity index (χ3v) is 3.82. The van der Waals surface area contributed by atoms with Gasteiger partial charge in [-0.25, -0.2) is 4.98 Å². The molecular formula is C14H17N3O. The molecule has 4 nitrogen and oxygen atoms in total. The second kappa shape index (κ2) is 4.53. The van der Waals surface area contributed by atoms with Gasteiger partial charge >= 0.3 is 0 Å². The predicted octanol–water partition coefficient (Wildman–Crippen LogP) is 1.13. The Morgan fingerprint density at radius 3 is 2.56 bits per heavy atom. The Morgan fingerprint density at radius 2 is 2.00 bits per heavy atom. The van der Waals surface area contributed by atoms with Crippen LogP contribution >= 0.6 is 0 Å². The van der Waals surface area contributed by atoms with Gasteiger partial charge in [-0.15, -0.1) is 0 Å². The summed E-state index contributed by atoms with van der Waals surface area (Å²) in [5, 5.41) is 14.4. The number of aliphatic hydroxyl groups is 1. The molecule has 4 heteroatoms. The molecule has 0 bridgehead atoms. The summed E-state index contributed by atoms with van der Waals surface area (Å²) in [6.45, 7) is 0. The van der Waals surface area contributed by atoms with E-state index in [1.807, 2.05) is 7.05 Å². The van der Waals surface area contributed by atoms with Crippen molar-refractivity contribution in [2.75, 3.05) is 0 Å². The van der Waals surface area contributed by atoms with Crippen molar-refractivity contribution in [2.24, 2.45) is 13.0 Å². The van der Waals surface area contributed by atoms with E-state index in [1.165, 1.54) is 17.5 Å². The Labute approximate surface area is 106 Å². The molecule has 18 heavy (non-hydrogen) atoms. The minimum Gasteiger partial charge on any atom is -0.392 e. The highest BCUT2D eigenvalue weighted by Gasteiger charge is 2.28. The Morgan fingerprint density at radius 1 is 1.33 bits per heavy atom. The Hall–Kier alpha value is -1.68. The molecule has 0 amide bonds. The molecule has 0 aliphatic heterocycles. The van der Waals surface area contributed by atoms with Crippen molar-refractivity contribution in [2.45, 2.75) is 25.4 Å². The van der Waals surface area contributed by atoms with E-state index in [4.69, 9.17) is 0 Å². The molecule has 1 aromatic carbocycles. The molecule has 0 saturated heterocycles. The van der Waals surface area contributed by atoms with Gasteiger partial charge in [0.15, 0.2) is 0 Å². The average Bonchev–Trinajstić information content (AvgIpc) is 2.96. The van der Waals surface area contributed by atoms with Gasteiger partial charge in [0.25, 0.3) is 0 Å². The highest BCUT2D eigenvalue weighted by molar-refractivity contribution is 5.32. The summed E-state index contributed by atoms with van der Waals surface area (Å²) < 4.78 is 1.73. The van der Waals surface area contributed by atoms with Crippen LogP contribution in [0.3, 0.4) is 0 Å². The molecular weight excluding hydrogens is 226 g/mol. The maximum absolute atomic E-state index is 10.3. The lowest BCUT2D eigenvalue weighted by Gasteiger charge is -2.16. The van der Waals surface area contributed by atoms with Crippen LogP contribution in [-0.2, 0) is 26.3 Å². The van der Waals surface area contributed by atoms with Crippen molar-refractivity contribution in [1.29, 1.82) is 0 Å². The number of aryl methyl sites for hydroxylation is 1. The zero-order chi connectivity index (χ0) is 12.5. The molecule has 0 spiro atoms. The molecule has 1 aliphatic carbocycles. The zero-order valence-corrected chi connectivity index (χ0v) is 10.5. The lowest BCUT2D eigenvalue weighted by atomic mass is 9.96. The number of nitrogens with zero attached hydrogens (tertiary/aromatic N) is 3. The van der Waals surface area contributed by atoms with Crippen LogP contribution in [0.4, 0.5) is 0 Å². The Bertz CT molecular complexity index is 524. The van der Waals surface area contributed by atoms with E-state index < -0.39 is 0 Å². The summed E-state index contributed by atoms with van der Waals surface area (Å²) in [5.41, 5.74) is 2.75. The predicted molar refractivity (Wildman–Crippen MR) is 68.1 cm³/mol. The third kappa shape index (κ3) is 2.04. The van der Waals surface area contributed by atoms with Gasteiger partial charge < -0.3 is 5.11 Å². The Balaban J connectivity index is 1.69. The number of fused-ring (bicyclic) bond motifs is 1. The van der Waals surface area contributed by atoms with Crippen molar-refractivity contribution in [3.63, 3.8) is 0 Å². The lowest BCUT2D eigenvalue weighted by molar-refractivity contribution is 0.110. The molecule has 1 unspecified atom stereocenters. The number of aromatic nitrogens is 3. The van der Waals surface area contributed by atoms with Gasteiger partial charge in [-0.05, 0) is 29.9 Å². The van der Waals surface area contributed by atoms with Crippen molar-refractivity contribution in [1.82, 2.24) is 14.8 Å². The van der Waals surface area contributed by atoms with E-state index in [9.17, 15) is 5.11 Å². The van der Waals surface area contributed by atoms with Gasteiger partial charge in [-0.1, -0.05) is 24.3 Å². The minimum atomic E-state index is -0.347. The molecule has 1 atom stereocenters. The summed E-state index contributed by atoms with van der Waals surface area (Å²) in [4.78, 5) is 4.17. The van der Waals surface area contributed by atoms with Crippen molar-refractivity contribution in [3.05, 3.63) is 47.5 Å². The van der Waals surface area contributed by atoms with E-state index in [0.29, 0.717) is 12.3 Å². The fraction of sp³-hybridized carbons (Fsp3) is 0.429. The number of hydrogen-bond donors (Lipinski definition) is 1. The van der Waals surface area contributed by atoms with Crippen molar-refractivity contribution in [3.8, 4) is 0 Å². The SMILES string of the molecule is Cn1ncnc1CC(O)C1Cc2ccccc2C1. The summed E-state index contributed by atoms with van der Waals surface area (Å²) in [6.07, 6.45) is 3.70. The molecule has 3 rings (SSSR count). The molecule has 1 heterocycles. The van der Waals surface area contributed by atoms with Gasteiger partial charge in [0, 0.05) is 13.5 Å². The van der Waals surface area contributed by atoms with Crippen molar-refractivity contribution < 1.29 is 5.11 Å². The quantitative estimate of drug-likeness (QED) is 0.879. The highest BCUT2D eigenvalue weighted by atomic mass is 16.3. The molecule has 94 valence electrons. The first kappa shape index (κ1) is 11.4. The van der Waals surface area contributed by atoms with Gasteiger partial charge in [0.1, 0.15) is 12.2 Å². The van der Waals surface area contributed by atoms with Gasteiger partial charge in [-0.2, -0.15) is 5.10 Å². The number of benzene rings is 1. The van der Waals surface area contributed by atoms with Crippen LogP contribution in [0.25, 0.3) is 0 Å². The monoisotopic (exact) mass is 243 g/mol. The minimum absolute atomic E-state index is 0.305. The molecule has 1 N–H and O–H groups in total. The van der Waals surface area contributed by atoms with Crippen LogP contribution in [0.15, 0.2) is 30.6 Å². The summed E-state index contributed by atoms with van der Waals surface area (Å²) >= 11 is 0. The number of aliphatic hydroxyl groups excluding tert-OH is 1. The summed E-state index contributed by atoms with van der Waals surface area (Å²) in [5.74, 6) is 1.15. The fourth-order valence-electron chi connectivity index (χ4n) is 2.72. The second-order valence-electron chi connectivity index (χ2n) is 5.01. The van der Waals surface area contributed by atoms with Crippen molar-refractivity contribution >= 4 is 0 Å².